The van der Waals surface area contributed by atoms with Gasteiger partial charge in [-0.15, -0.1) is 0 Å². The van der Waals surface area contributed by atoms with Gasteiger partial charge in [-0.25, -0.2) is 4.39 Å². The van der Waals surface area contributed by atoms with Gasteiger partial charge < -0.3 is 4.90 Å². The number of benzene rings is 2. The smallest absolute Gasteiger partial charge is 0.123 e. The average molecular weight is 347 g/mol. The zero-order valence-electron chi connectivity index (χ0n) is 14.7. The van der Waals surface area contributed by atoms with Crippen molar-refractivity contribution in [3.63, 3.8) is 0 Å². The molecule has 2 heterocycles. The van der Waals surface area contributed by atoms with Crippen molar-refractivity contribution in [2.45, 2.75) is 6.54 Å². The summed E-state index contributed by atoms with van der Waals surface area (Å²) >= 11 is 0. The van der Waals surface area contributed by atoms with E-state index in [2.05, 4.69) is 51.2 Å². The third-order valence-corrected chi connectivity index (χ3v) is 4.90. The van der Waals surface area contributed by atoms with Crippen molar-refractivity contribution in [3.8, 4) is 11.3 Å². The van der Waals surface area contributed by atoms with Crippen LogP contribution in [0.2, 0.25) is 0 Å². The number of hydrogen-bond donors (Lipinski definition) is 0. The molecule has 0 bridgehead atoms. The van der Waals surface area contributed by atoms with Crippen molar-refractivity contribution >= 4 is 5.69 Å². The van der Waals surface area contributed by atoms with Crippen LogP contribution in [0, 0.1) is 5.82 Å². The summed E-state index contributed by atoms with van der Waals surface area (Å²) in [5.74, 6) is -0.219. The second-order valence-corrected chi connectivity index (χ2v) is 6.62. The highest BCUT2D eigenvalue weighted by Gasteiger charge is 2.18. The number of para-hydroxylation sites is 1. The summed E-state index contributed by atoms with van der Waals surface area (Å²) in [4.78, 5) is 9.44. The maximum absolute atomic E-state index is 13.2. The van der Waals surface area contributed by atoms with E-state index in [4.69, 9.17) is 0 Å². The highest BCUT2D eigenvalue weighted by Crippen LogP contribution is 2.24. The van der Waals surface area contributed by atoms with Crippen LogP contribution in [0.1, 0.15) is 5.56 Å². The lowest BCUT2D eigenvalue weighted by molar-refractivity contribution is 0.250. The average Bonchev–Trinajstić information content (AvgIpc) is 2.70. The number of nitrogens with zero attached hydrogens (tertiary/aromatic N) is 3. The van der Waals surface area contributed by atoms with Crippen LogP contribution in [-0.2, 0) is 6.54 Å². The van der Waals surface area contributed by atoms with Gasteiger partial charge in [0, 0.05) is 50.2 Å². The predicted molar refractivity (Wildman–Crippen MR) is 104 cm³/mol. The summed E-state index contributed by atoms with van der Waals surface area (Å²) in [5.41, 5.74) is 4.38. The first-order valence-electron chi connectivity index (χ1n) is 9.02. The van der Waals surface area contributed by atoms with Gasteiger partial charge in [0.15, 0.2) is 0 Å². The Morgan fingerprint density at radius 1 is 0.808 bits per heavy atom. The number of halogens is 1. The lowest BCUT2D eigenvalue weighted by Gasteiger charge is -2.36. The van der Waals surface area contributed by atoms with Crippen molar-refractivity contribution < 1.29 is 4.39 Å². The molecule has 1 saturated heterocycles. The van der Waals surface area contributed by atoms with Crippen LogP contribution in [0.4, 0.5) is 10.1 Å². The first-order chi connectivity index (χ1) is 12.8. The molecule has 3 nitrogen and oxygen atoms in total. The van der Waals surface area contributed by atoms with E-state index in [9.17, 15) is 4.39 Å². The molecule has 0 N–H and O–H groups in total. The fraction of sp³-hybridized carbons (Fsp3) is 0.227. The van der Waals surface area contributed by atoms with Crippen LogP contribution >= 0.6 is 0 Å². The largest absolute Gasteiger partial charge is 0.369 e. The quantitative estimate of drug-likeness (QED) is 0.705. The van der Waals surface area contributed by atoms with E-state index in [0.29, 0.717) is 0 Å². The van der Waals surface area contributed by atoms with Gasteiger partial charge >= 0.3 is 0 Å². The Kier molecular flexibility index (Phi) is 4.93. The lowest BCUT2D eigenvalue weighted by atomic mass is 10.0. The molecule has 0 saturated carbocycles. The second kappa shape index (κ2) is 7.67. The van der Waals surface area contributed by atoms with Gasteiger partial charge in [0.2, 0.25) is 0 Å². The molecule has 26 heavy (non-hydrogen) atoms. The third-order valence-electron chi connectivity index (χ3n) is 4.90. The van der Waals surface area contributed by atoms with Crippen molar-refractivity contribution in [1.82, 2.24) is 9.88 Å². The fourth-order valence-corrected chi connectivity index (χ4v) is 3.48. The van der Waals surface area contributed by atoms with Gasteiger partial charge in [0.05, 0.1) is 5.69 Å². The lowest BCUT2D eigenvalue weighted by Crippen LogP contribution is -2.46. The van der Waals surface area contributed by atoms with E-state index in [1.54, 1.807) is 18.3 Å². The second-order valence-electron chi connectivity index (χ2n) is 6.62. The van der Waals surface area contributed by atoms with E-state index in [-0.39, 0.29) is 5.82 Å². The summed E-state index contributed by atoms with van der Waals surface area (Å²) < 4.78 is 13.2. The minimum absolute atomic E-state index is 0.219. The Balaban J connectivity index is 1.45. The zero-order valence-corrected chi connectivity index (χ0v) is 14.7. The fourth-order valence-electron chi connectivity index (χ4n) is 3.48. The standard InChI is InChI=1S/C22H22FN3/c23-20-10-8-18(9-11-20)22-19(5-4-12-24-22)17-25-13-15-26(16-14-25)21-6-2-1-3-7-21/h1-12H,13-17H2. The number of aromatic nitrogens is 1. The van der Waals surface area contributed by atoms with E-state index in [1.807, 2.05) is 6.07 Å². The third kappa shape index (κ3) is 3.75. The van der Waals surface area contributed by atoms with E-state index >= 15 is 0 Å². The van der Waals surface area contributed by atoms with Gasteiger partial charge in [0.1, 0.15) is 5.82 Å². The molecule has 1 aromatic heterocycles. The molecule has 4 heteroatoms. The normalized spacial score (nSPS) is 15.2. The zero-order chi connectivity index (χ0) is 17.8. The van der Waals surface area contributed by atoms with Crippen LogP contribution in [0.15, 0.2) is 72.9 Å². The number of anilines is 1. The summed E-state index contributed by atoms with van der Waals surface area (Å²) in [6.07, 6.45) is 1.80. The van der Waals surface area contributed by atoms with Crippen LogP contribution < -0.4 is 4.90 Å². The van der Waals surface area contributed by atoms with Crippen molar-refractivity contribution in [1.29, 1.82) is 0 Å². The van der Waals surface area contributed by atoms with Crippen molar-refractivity contribution in [3.05, 3.63) is 84.3 Å². The van der Waals surface area contributed by atoms with Crippen LogP contribution in [-0.4, -0.2) is 36.1 Å². The molecule has 0 atom stereocenters. The molecule has 1 fully saturated rings. The number of rotatable bonds is 4. The van der Waals surface area contributed by atoms with Crippen LogP contribution in [0.3, 0.4) is 0 Å². The van der Waals surface area contributed by atoms with Gasteiger partial charge in [-0.2, -0.15) is 0 Å². The summed E-state index contributed by atoms with van der Waals surface area (Å²) in [7, 11) is 0. The molecule has 3 aromatic rings. The Hall–Kier alpha value is -2.72. The molecule has 1 aliphatic rings. The van der Waals surface area contributed by atoms with E-state index in [0.717, 1.165) is 44.0 Å². The maximum atomic E-state index is 13.2. The molecule has 0 spiro atoms. The molecule has 2 aromatic carbocycles. The first kappa shape index (κ1) is 16.7. The highest BCUT2D eigenvalue weighted by atomic mass is 19.1. The maximum Gasteiger partial charge on any atom is 0.123 e. The van der Waals surface area contributed by atoms with E-state index in [1.165, 1.54) is 23.4 Å². The molecule has 0 radical (unpaired) electrons. The SMILES string of the molecule is Fc1ccc(-c2ncccc2CN2CCN(c3ccccc3)CC2)cc1. The van der Waals surface area contributed by atoms with Crippen LogP contribution in [0.5, 0.6) is 0 Å². The Morgan fingerprint density at radius 3 is 2.27 bits per heavy atom. The molecular formula is C22H22FN3. The summed E-state index contributed by atoms with van der Waals surface area (Å²) in [6.45, 7) is 4.95. The van der Waals surface area contributed by atoms with E-state index < -0.39 is 0 Å². The number of pyridine rings is 1. The van der Waals surface area contributed by atoms with Crippen LogP contribution in [0.25, 0.3) is 11.3 Å². The number of piperazine rings is 1. The van der Waals surface area contributed by atoms with Gasteiger partial charge in [-0.1, -0.05) is 24.3 Å². The van der Waals surface area contributed by atoms with Gasteiger partial charge in [-0.05, 0) is 48.0 Å². The predicted octanol–water partition coefficient (Wildman–Crippen LogP) is 4.21. The number of hydrogen-bond acceptors (Lipinski definition) is 3. The van der Waals surface area contributed by atoms with Crippen molar-refractivity contribution in [2.75, 3.05) is 31.1 Å². The topological polar surface area (TPSA) is 19.4 Å². The molecule has 0 amide bonds. The molecule has 0 aliphatic carbocycles. The Morgan fingerprint density at radius 2 is 1.54 bits per heavy atom. The molecule has 132 valence electrons. The molecule has 0 unspecified atom stereocenters. The highest BCUT2D eigenvalue weighted by molar-refractivity contribution is 5.62. The molecular weight excluding hydrogens is 325 g/mol. The van der Waals surface area contributed by atoms with Gasteiger partial charge in [0.25, 0.3) is 0 Å². The summed E-state index contributed by atoms with van der Waals surface area (Å²) in [5, 5.41) is 0. The minimum Gasteiger partial charge on any atom is -0.369 e. The Bertz CT molecular complexity index is 841. The molecule has 4 rings (SSSR count). The minimum atomic E-state index is -0.219. The van der Waals surface area contributed by atoms with Crippen molar-refractivity contribution in [2.24, 2.45) is 0 Å². The summed E-state index contributed by atoms with van der Waals surface area (Å²) in [6, 6.07) is 21.3. The first-order valence-corrected chi connectivity index (χ1v) is 9.02. The molecule has 1 aliphatic heterocycles. The van der Waals surface area contributed by atoms with Gasteiger partial charge in [-0.3, -0.25) is 9.88 Å². The Labute approximate surface area is 153 Å². The monoisotopic (exact) mass is 347 g/mol.